The third-order valence-electron chi connectivity index (χ3n) is 4.29. The maximum Gasteiger partial charge on any atom is 0.416 e. The lowest BCUT2D eigenvalue weighted by Gasteiger charge is -2.32. The minimum Gasteiger partial charge on any atom is -0.393 e. The molecule has 134 valence electrons. The summed E-state index contributed by atoms with van der Waals surface area (Å²) in [6.07, 6.45) is -0.688. The molecule has 1 aromatic heterocycles. The van der Waals surface area contributed by atoms with E-state index >= 15 is 0 Å². The first kappa shape index (κ1) is 17.3. The standard InChI is InChI=1S/C17H20F3N5/c1-11-3-2-8-25(9-11)16-14(21)15(22-10-23-16)24-13-6-4-12(5-7-13)17(18,19)20/h4-7,10-11H,2-3,8-9,21H2,1H3,(H,22,23,24). The molecule has 1 fully saturated rings. The van der Waals surface area contributed by atoms with Crippen LogP contribution < -0.4 is 16.0 Å². The Balaban J connectivity index is 1.80. The summed E-state index contributed by atoms with van der Waals surface area (Å²) in [5.74, 6) is 1.62. The number of anilines is 4. The molecule has 3 rings (SSSR count). The summed E-state index contributed by atoms with van der Waals surface area (Å²) in [4.78, 5) is 10.5. The zero-order valence-electron chi connectivity index (χ0n) is 13.8. The van der Waals surface area contributed by atoms with E-state index in [1.54, 1.807) is 0 Å². The Morgan fingerprint density at radius 1 is 1.20 bits per heavy atom. The van der Waals surface area contributed by atoms with Gasteiger partial charge in [-0.05, 0) is 43.0 Å². The second kappa shape index (κ2) is 6.78. The van der Waals surface area contributed by atoms with E-state index in [9.17, 15) is 13.2 Å². The van der Waals surface area contributed by atoms with Gasteiger partial charge in [0.1, 0.15) is 12.0 Å². The number of nitrogens with zero attached hydrogens (tertiary/aromatic N) is 3. The minimum atomic E-state index is -4.36. The first-order valence-electron chi connectivity index (χ1n) is 8.14. The average molecular weight is 351 g/mol. The molecule has 2 aromatic rings. The number of nitrogens with one attached hydrogen (secondary N) is 1. The van der Waals surface area contributed by atoms with Gasteiger partial charge in [0, 0.05) is 18.8 Å². The van der Waals surface area contributed by atoms with E-state index in [2.05, 4.69) is 27.1 Å². The Hall–Kier alpha value is -2.51. The smallest absolute Gasteiger partial charge is 0.393 e. The molecule has 1 aliphatic heterocycles. The zero-order chi connectivity index (χ0) is 18.0. The second-order valence-electron chi connectivity index (χ2n) is 6.35. The van der Waals surface area contributed by atoms with Crippen LogP contribution in [0.2, 0.25) is 0 Å². The number of aromatic nitrogens is 2. The van der Waals surface area contributed by atoms with Gasteiger partial charge in [0.05, 0.1) is 5.56 Å². The van der Waals surface area contributed by atoms with Crippen molar-refractivity contribution in [2.45, 2.75) is 25.9 Å². The maximum absolute atomic E-state index is 12.6. The lowest BCUT2D eigenvalue weighted by atomic mass is 10.0. The molecule has 0 radical (unpaired) electrons. The molecular weight excluding hydrogens is 331 g/mol. The van der Waals surface area contributed by atoms with Crippen LogP contribution in [0.25, 0.3) is 0 Å². The average Bonchev–Trinajstić information content (AvgIpc) is 2.56. The van der Waals surface area contributed by atoms with Gasteiger partial charge in [-0.2, -0.15) is 13.2 Å². The largest absolute Gasteiger partial charge is 0.416 e. The normalized spacial score (nSPS) is 18.2. The van der Waals surface area contributed by atoms with Crippen LogP contribution in [0, 0.1) is 5.92 Å². The number of halogens is 3. The molecule has 8 heteroatoms. The molecule has 1 aliphatic rings. The number of piperidine rings is 1. The molecule has 1 unspecified atom stereocenters. The van der Waals surface area contributed by atoms with E-state index in [-0.39, 0.29) is 0 Å². The van der Waals surface area contributed by atoms with Gasteiger partial charge < -0.3 is 16.0 Å². The van der Waals surface area contributed by atoms with E-state index in [0.717, 1.165) is 31.6 Å². The van der Waals surface area contributed by atoms with Crippen molar-refractivity contribution in [3.63, 3.8) is 0 Å². The number of nitrogens with two attached hydrogens (primary N) is 1. The molecule has 1 saturated heterocycles. The molecule has 0 saturated carbocycles. The Kier molecular flexibility index (Phi) is 4.69. The molecule has 5 nitrogen and oxygen atoms in total. The first-order chi connectivity index (χ1) is 11.8. The van der Waals surface area contributed by atoms with Gasteiger partial charge in [-0.15, -0.1) is 0 Å². The predicted octanol–water partition coefficient (Wildman–Crippen LogP) is 4.06. The highest BCUT2D eigenvalue weighted by molar-refractivity contribution is 5.78. The fraction of sp³-hybridized carbons (Fsp3) is 0.412. The van der Waals surface area contributed by atoms with Crippen molar-refractivity contribution >= 4 is 23.0 Å². The van der Waals surface area contributed by atoms with Gasteiger partial charge in [0.25, 0.3) is 0 Å². The number of hydrogen-bond donors (Lipinski definition) is 2. The van der Waals surface area contributed by atoms with E-state index in [1.165, 1.54) is 24.9 Å². The van der Waals surface area contributed by atoms with Crippen molar-refractivity contribution in [3.8, 4) is 0 Å². The highest BCUT2D eigenvalue weighted by Gasteiger charge is 2.30. The third kappa shape index (κ3) is 3.94. The number of rotatable bonds is 3. The van der Waals surface area contributed by atoms with Crippen LogP contribution in [-0.2, 0) is 6.18 Å². The molecule has 2 heterocycles. The lowest BCUT2D eigenvalue weighted by molar-refractivity contribution is -0.137. The molecule has 3 N–H and O–H groups in total. The maximum atomic E-state index is 12.6. The van der Waals surface area contributed by atoms with Gasteiger partial charge >= 0.3 is 6.18 Å². The molecule has 25 heavy (non-hydrogen) atoms. The van der Waals surface area contributed by atoms with Crippen molar-refractivity contribution in [2.75, 3.05) is 29.0 Å². The van der Waals surface area contributed by atoms with Crippen molar-refractivity contribution < 1.29 is 13.2 Å². The molecule has 0 aliphatic carbocycles. The quantitative estimate of drug-likeness (QED) is 0.873. The Morgan fingerprint density at radius 3 is 2.56 bits per heavy atom. The van der Waals surface area contributed by atoms with E-state index in [0.29, 0.717) is 28.9 Å². The monoisotopic (exact) mass is 351 g/mol. The molecular formula is C17H20F3N5. The summed E-state index contributed by atoms with van der Waals surface area (Å²) < 4.78 is 37.9. The fourth-order valence-corrected chi connectivity index (χ4v) is 3.00. The van der Waals surface area contributed by atoms with Crippen LogP contribution in [0.1, 0.15) is 25.3 Å². The number of alkyl halides is 3. The molecule has 0 spiro atoms. The van der Waals surface area contributed by atoms with Crippen molar-refractivity contribution in [1.82, 2.24) is 9.97 Å². The number of nitrogen functional groups attached to an aromatic ring is 1. The van der Waals surface area contributed by atoms with E-state index < -0.39 is 11.7 Å². The highest BCUT2D eigenvalue weighted by Crippen LogP contribution is 2.33. The minimum absolute atomic E-state index is 0.392. The predicted molar refractivity (Wildman–Crippen MR) is 91.8 cm³/mol. The Morgan fingerprint density at radius 2 is 1.92 bits per heavy atom. The number of hydrogen-bond acceptors (Lipinski definition) is 5. The summed E-state index contributed by atoms with van der Waals surface area (Å²) in [5, 5.41) is 2.97. The summed E-state index contributed by atoms with van der Waals surface area (Å²) in [6.45, 7) is 3.94. The van der Waals surface area contributed by atoms with E-state index in [4.69, 9.17) is 5.73 Å². The van der Waals surface area contributed by atoms with Gasteiger partial charge in [-0.25, -0.2) is 9.97 Å². The summed E-state index contributed by atoms with van der Waals surface area (Å²) in [5.41, 5.74) is 6.38. The van der Waals surface area contributed by atoms with Crippen molar-refractivity contribution in [2.24, 2.45) is 5.92 Å². The fourth-order valence-electron chi connectivity index (χ4n) is 3.00. The van der Waals surface area contributed by atoms with Gasteiger partial charge in [0.2, 0.25) is 0 Å². The van der Waals surface area contributed by atoms with Gasteiger partial charge in [-0.3, -0.25) is 0 Å². The molecule has 1 aromatic carbocycles. The van der Waals surface area contributed by atoms with Gasteiger partial charge in [-0.1, -0.05) is 6.92 Å². The summed E-state index contributed by atoms with van der Waals surface area (Å²) in [7, 11) is 0. The van der Waals surface area contributed by atoms with Crippen LogP contribution in [-0.4, -0.2) is 23.1 Å². The van der Waals surface area contributed by atoms with E-state index in [1.807, 2.05) is 0 Å². The van der Waals surface area contributed by atoms with Crippen molar-refractivity contribution in [1.29, 1.82) is 0 Å². The third-order valence-corrected chi connectivity index (χ3v) is 4.29. The summed E-state index contributed by atoms with van der Waals surface area (Å²) >= 11 is 0. The molecule has 0 bridgehead atoms. The van der Waals surface area contributed by atoms with Crippen molar-refractivity contribution in [3.05, 3.63) is 36.2 Å². The summed E-state index contributed by atoms with van der Waals surface area (Å²) in [6, 6.07) is 4.75. The van der Waals surface area contributed by atoms with Crippen LogP contribution in [0.5, 0.6) is 0 Å². The van der Waals surface area contributed by atoms with Crippen LogP contribution in [0.3, 0.4) is 0 Å². The number of benzene rings is 1. The Bertz CT molecular complexity index is 730. The molecule has 1 atom stereocenters. The lowest BCUT2D eigenvalue weighted by Crippen LogP contribution is -2.35. The van der Waals surface area contributed by atoms with Crippen LogP contribution in [0.4, 0.5) is 36.2 Å². The van der Waals surface area contributed by atoms with Crippen LogP contribution >= 0.6 is 0 Å². The second-order valence-corrected chi connectivity index (χ2v) is 6.35. The van der Waals surface area contributed by atoms with Gasteiger partial charge in [0.15, 0.2) is 11.6 Å². The van der Waals surface area contributed by atoms with Crippen LogP contribution in [0.15, 0.2) is 30.6 Å². The molecule has 0 amide bonds. The zero-order valence-corrected chi connectivity index (χ0v) is 13.8. The highest BCUT2D eigenvalue weighted by atomic mass is 19.4. The Labute approximate surface area is 144 Å². The topological polar surface area (TPSA) is 67.1 Å². The first-order valence-corrected chi connectivity index (χ1v) is 8.14. The SMILES string of the molecule is CC1CCCN(c2ncnc(Nc3ccc(C(F)(F)F)cc3)c2N)C1.